The minimum Gasteiger partial charge on any atom is -0.462 e. The summed E-state index contributed by atoms with van der Waals surface area (Å²) in [6.07, 6.45) is 0. The number of nitrogens with one attached hydrogen (secondary N) is 3. The van der Waals surface area contributed by atoms with Crippen LogP contribution in [0.15, 0.2) is 78.9 Å². The second-order valence-electron chi connectivity index (χ2n) is 7.35. The molecule has 0 aliphatic rings. The Morgan fingerprint density at radius 2 is 1.41 bits per heavy atom. The van der Waals surface area contributed by atoms with E-state index < -0.39 is 23.8 Å². The topological polar surface area (TPSA) is 114 Å². The molecule has 0 heterocycles. The van der Waals surface area contributed by atoms with Crippen molar-refractivity contribution in [3.63, 3.8) is 0 Å². The van der Waals surface area contributed by atoms with E-state index in [0.29, 0.717) is 22.5 Å². The standard InChI is InChI=1S/C26H25N3O5/c1-3-34-26(33)19-13-15-20(16-14-19)28-23(30)17(2)27-25(32)21-11-7-8-12-22(21)29-24(31)18-9-5-4-6-10-18/h4-17H,3H2,1-2H3,(H,27,32)(H,28,30)(H,29,31). The number of ether oxygens (including phenoxy) is 1. The van der Waals surface area contributed by atoms with Crippen LogP contribution in [0.5, 0.6) is 0 Å². The molecule has 0 saturated heterocycles. The first-order valence-electron chi connectivity index (χ1n) is 10.7. The normalized spacial score (nSPS) is 11.1. The summed E-state index contributed by atoms with van der Waals surface area (Å²) in [4.78, 5) is 49.6. The van der Waals surface area contributed by atoms with Crippen LogP contribution in [-0.4, -0.2) is 36.3 Å². The molecule has 34 heavy (non-hydrogen) atoms. The molecular formula is C26H25N3O5. The quantitative estimate of drug-likeness (QED) is 0.443. The van der Waals surface area contributed by atoms with Gasteiger partial charge in [-0.25, -0.2) is 4.79 Å². The minimum atomic E-state index is -0.866. The maximum Gasteiger partial charge on any atom is 0.338 e. The number of rotatable bonds is 8. The van der Waals surface area contributed by atoms with Gasteiger partial charge in [-0.15, -0.1) is 0 Å². The van der Waals surface area contributed by atoms with Crippen LogP contribution in [0.2, 0.25) is 0 Å². The summed E-state index contributed by atoms with van der Waals surface area (Å²) in [5.41, 5.74) is 1.85. The van der Waals surface area contributed by atoms with E-state index in [9.17, 15) is 19.2 Å². The Bertz CT molecular complexity index is 1180. The van der Waals surface area contributed by atoms with Crippen molar-refractivity contribution in [1.82, 2.24) is 5.32 Å². The van der Waals surface area contributed by atoms with E-state index in [-0.39, 0.29) is 18.1 Å². The highest BCUT2D eigenvalue weighted by Crippen LogP contribution is 2.17. The van der Waals surface area contributed by atoms with Gasteiger partial charge in [-0.3, -0.25) is 14.4 Å². The van der Waals surface area contributed by atoms with Crippen LogP contribution in [0.25, 0.3) is 0 Å². The molecule has 8 heteroatoms. The number of carbonyl (C=O) groups excluding carboxylic acids is 4. The Balaban J connectivity index is 1.62. The fourth-order valence-corrected chi connectivity index (χ4v) is 3.07. The van der Waals surface area contributed by atoms with Gasteiger partial charge in [-0.05, 0) is 62.4 Å². The van der Waals surface area contributed by atoms with Crippen molar-refractivity contribution < 1.29 is 23.9 Å². The van der Waals surface area contributed by atoms with Crippen LogP contribution < -0.4 is 16.0 Å². The summed E-state index contributed by atoms with van der Waals surface area (Å²) in [5.74, 6) is -1.75. The van der Waals surface area contributed by atoms with Crippen molar-refractivity contribution >= 4 is 35.1 Å². The lowest BCUT2D eigenvalue weighted by molar-refractivity contribution is -0.117. The van der Waals surface area contributed by atoms with Crippen molar-refractivity contribution in [3.8, 4) is 0 Å². The predicted molar refractivity (Wildman–Crippen MR) is 129 cm³/mol. The molecule has 0 aliphatic heterocycles. The lowest BCUT2D eigenvalue weighted by atomic mass is 10.1. The number of hydrogen-bond acceptors (Lipinski definition) is 5. The van der Waals surface area contributed by atoms with E-state index in [1.54, 1.807) is 92.7 Å². The van der Waals surface area contributed by atoms with E-state index in [0.717, 1.165) is 0 Å². The average Bonchev–Trinajstić information content (AvgIpc) is 2.85. The summed E-state index contributed by atoms with van der Waals surface area (Å²) in [6.45, 7) is 3.54. The number of esters is 1. The summed E-state index contributed by atoms with van der Waals surface area (Å²) in [5, 5.41) is 8.06. The minimum absolute atomic E-state index is 0.227. The second kappa shape index (κ2) is 11.4. The van der Waals surface area contributed by atoms with Gasteiger partial charge in [-0.1, -0.05) is 30.3 Å². The van der Waals surface area contributed by atoms with E-state index in [1.165, 1.54) is 0 Å². The Morgan fingerprint density at radius 1 is 0.765 bits per heavy atom. The number of hydrogen-bond donors (Lipinski definition) is 3. The molecule has 0 spiro atoms. The summed E-state index contributed by atoms with van der Waals surface area (Å²) < 4.78 is 4.93. The molecule has 3 amide bonds. The van der Waals surface area contributed by atoms with E-state index in [1.807, 2.05) is 0 Å². The van der Waals surface area contributed by atoms with Crippen LogP contribution >= 0.6 is 0 Å². The van der Waals surface area contributed by atoms with Gasteiger partial charge in [0.05, 0.1) is 23.4 Å². The number of para-hydroxylation sites is 1. The lowest BCUT2D eigenvalue weighted by Gasteiger charge is -2.16. The molecule has 1 atom stereocenters. The number of amides is 3. The van der Waals surface area contributed by atoms with E-state index in [2.05, 4.69) is 16.0 Å². The number of anilines is 2. The SMILES string of the molecule is CCOC(=O)c1ccc(NC(=O)C(C)NC(=O)c2ccccc2NC(=O)c2ccccc2)cc1. The summed E-state index contributed by atoms with van der Waals surface area (Å²) in [7, 11) is 0. The highest BCUT2D eigenvalue weighted by atomic mass is 16.5. The molecular weight excluding hydrogens is 434 g/mol. The van der Waals surface area contributed by atoms with Crippen LogP contribution in [0.1, 0.15) is 44.9 Å². The Hall–Kier alpha value is -4.46. The molecule has 0 saturated carbocycles. The Kier molecular flexibility index (Phi) is 8.12. The van der Waals surface area contributed by atoms with E-state index in [4.69, 9.17) is 4.74 Å². The molecule has 3 rings (SSSR count). The molecule has 8 nitrogen and oxygen atoms in total. The van der Waals surface area contributed by atoms with Gasteiger partial charge in [0, 0.05) is 11.3 Å². The van der Waals surface area contributed by atoms with E-state index >= 15 is 0 Å². The average molecular weight is 460 g/mol. The van der Waals surface area contributed by atoms with Gasteiger partial charge in [0.15, 0.2) is 0 Å². The zero-order valence-electron chi connectivity index (χ0n) is 18.8. The highest BCUT2D eigenvalue weighted by Gasteiger charge is 2.20. The lowest BCUT2D eigenvalue weighted by Crippen LogP contribution is -2.41. The monoisotopic (exact) mass is 459 g/mol. The fourth-order valence-electron chi connectivity index (χ4n) is 3.07. The Labute approximate surface area is 197 Å². The zero-order chi connectivity index (χ0) is 24.5. The van der Waals surface area contributed by atoms with Crippen LogP contribution in [0.4, 0.5) is 11.4 Å². The Morgan fingerprint density at radius 3 is 2.09 bits per heavy atom. The molecule has 3 N–H and O–H groups in total. The molecule has 0 aliphatic carbocycles. The van der Waals surface area contributed by atoms with Crippen LogP contribution in [0.3, 0.4) is 0 Å². The predicted octanol–water partition coefficient (Wildman–Crippen LogP) is 3.87. The first-order valence-corrected chi connectivity index (χ1v) is 10.7. The number of carbonyl (C=O) groups is 4. The first kappa shape index (κ1) is 24.2. The van der Waals surface area contributed by atoms with Gasteiger partial charge in [0.1, 0.15) is 6.04 Å². The van der Waals surface area contributed by atoms with Crippen molar-refractivity contribution in [2.24, 2.45) is 0 Å². The summed E-state index contributed by atoms with van der Waals surface area (Å²) in [6, 6.07) is 20.6. The van der Waals surface area contributed by atoms with Gasteiger partial charge >= 0.3 is 5.97 Å². The first-order chi connectivity index (χ1) is 16.4. The van der Waals surface area contributed by atoms with Crippen molar-refractivity contribution in [1.29, 1.82) is 0 Å². The third-order valence-electron chi connectivity index (χ3n) is 4.86. The summed E-state index contributed by atoms with van der Waals surface area (Å²) >= 11 is 0. The van der Waals surface area contributed by atoms with Crippen LogP contribution in [-0.2, 0) is 9.53 Å². The van der Waals surface area contributed by atoms with Gasteiger partial charge in [0.25, 0.3) is 11.8 Å². The number of benzene rings is 3. The molecule has 0 radical (unpaired) electrons. The zero-order valence-corrected chi connectivity index (χ0v) is 18.8. The van der Waals surface area contributed by atoms with Crippen molar-refractivity contribution in [2.45, 2.75) is 19.9 Å². The third kappa shape index (κ3) is 6.29. The molecule has 3 aromatic carbocycles. The maximum atomic E-state index is 12.8. The van der Waals surface area contributed by atoms with Gasteiger partial charge < -0.3 is 20.7 Å². The fraction of sp³-hybridized carbons (Fsp3) is 0.154. The molecule has 174 valence electrons. The van der Waals surface area contributed by atoms with Gasteiger partial charge in [-0.2, -0.15) is 0 Å². The molecule has 1 unspecified atom stereocenters. The maximum absolute atomic E-state index is 12.8. The van der Waals surface area contributed by atoms with Crippen molar-refractivity contribution in [3.05, 3.63) is 95.6 Å². The van der Waals surface area contributed by atoms with Gasteiger partial charge in [0.2, 0.25) is 5.91 Å². The van der Waals surface area contributed by atoms with Crippen molar-refractivity contribution in [2.75, 3.05) is 17.2 Å². The highest BCUT2D eigenvalue weighted by molar-refractivity contribution is 6.10. The largest absolute Gasteiger partial charge is 0.462 e. The third-order valence-corrected chi connectivity index (χ3v) is 4.86. The molecule has 0 aromatic heterocycles. The molecule has 0 bridgehead atoms. The molecule has 0 fully saturated rings. The molecule has 3 aromatic rings. The smallest absolute Gasteiger partial charge is 0.338 e. The van der Waals surface area contributed by atoms with Crippen LogP contribution in [0, 0.1) is 0 Å². The second-order valence-corrected chi connectivity index (χ2v) is 7.35.